The summed E-state index contributed by atoms with van der Waals surface area (Å²) >= 11 is 0. The van der Waals surface area contributed by atoms with E-state index in [1.807, 2.05) is 33.8 Å². The summed E-state index contributed by atoms with van der Waals surface area (Å²) in [7, 11) is 1.33. The largest absolute Gasteiger partial charge is 0.465 e. The zero-order chi connectivity index (χ0) is 20.6. The summed E-state index contributed by atoms with van der Waals surface area (Å²) in [5, 5.41) is 0. The molecule has 1 amide bonds. The molecule has 0 radical (unpaired) electrons. The molecule has 0 unspecified atom stereocenters. The number of rotatable bonds is 5. The third-order valence-electron chi connectivity index (χ3n) is 3.45. The summed E-state index contributed by atoms with van der Waals surface area (Å²) in [5.74, 6) is 0.145. The molecule has 0 atom stereocenters. The van der Waals surface area contributed by atoms with Crippen LogP contribution in [0.2, 0.25) is 0 Å². The number of carbonyl (C=O) groups is 2. The van der Waals surface area contributed by atoms with Gasteiger partial charge in [-0.05, 0) is 39.3 Å². The smallest absolute Gasteiger partial charge is 0.410 e. The number of amides is 1. The van der Waals surface area contributed by atoms with Gasteiger partial charge < -0.3 is 19.4 Å². The van der Waals surface area contributed by atoms with Gasteiger partial charge in [-0.15, -0.1) is 12.8 Å². The molecule has 1 N–H and O–H groups in total. The van der Waals surface area contributed by atoms with Crippen molar-refractivity contribution in [2.24, 2.45) is 0 Å². The Kier molecular flexibility index (Phi) is 7.85. The van der Waals surface area contributed by atoms with Crippen molar-refractivity contribution in [2.75, 3.05) is 13.7 Å². The number of para-hydroxylation sites is 1. The van der Waals surface area contributed by atoms with Crippen molar-refractivity contribution in [3.8, 4) is 12.8 Å². The summed E-state index contributed by atoms with van der Waals surface area (Å²) in [6.07, 6.45) is 8.41. The molecule has 1 heterocycles. The van der Waals surface area contributed by atoms with Crippen molar-refractivity contribution in [3.05, 3.63) is 29.6 Å². The molecule has 0 fully saturated rings. The highest BCUT2D eigenvalue weighted by atomic mass is 16.6. The molecule has 1 aromatic heterocycles. The van der Waals surface area contributed by atoms with Crippen LogP contribution in [-0.2, 0) is 16.0 Å². The predicted molar refractivity (Wildman–Crippen MR) is 104 cm³/mol. The highest BCUT2D eigenvalue weighted by molar-refractivity contribution is 6.01. The Bertz CT molecular complexity index is 802. The number of H-pyrrole nitrogens is 1. The number of esters is 1. The highest BCUT2D eigenvalue weighted by Crippen LogP contribution is 2.19. The standard InChI is InChI=1S/C18H25N3O4.C2H2/c1-6-10-21(17(23)25-18(2,3)4)11-14-19-13-9-7-8-12(15(13)20-14)16(22)24-5;1-2/h7-9H,6,10-11H2,1-5H3,(H,19,20);1-2H. The van der Waals surface area contributed by atoms with Crippen LogP contribution in [0.15, 0.2) is 18.2 Å². The molecule has 0 saturated carbocycles. The molecule has 0 saturated heterocycles. The number of ether oxygens (including phenoxy) is 2. The van der Waals surface area contributed by atoms with Gasteiger partial charge in [0.2, 0.25) is 0 Å². The summed E-state index contributed by atoms with van der Waals surface area (Å²) < 4.78 is 10.2. The van der Waals surface area contributed by atoms with E-state index in [1.165, 1.54) is 7.11 Å². The normalized spacial score (nSPS) is 10.6. The monoisotopic (exact) mass is 373 g/mol. The minimum absolute atomic E-state index is 0.276. The Labute approximate surface area is 160 Å². The first-order valence-corrected chi connectivity index (χ1v) is 8.62. The second kappa shape index (κ2) is 9.62. The number of imidazole rings is 1. The van der Waals surface area contributed by atoms with Crippen LogP contribution in [-0.4, -0.2) is 46.2 Å². The molecule has 146 valence electrons. The van der Waals surface area contributed by atoms with Crippen LogP contribution < -0.4 is 0 Å². The van der Waals surface area contributed by atoms with Gasteiger partial charge in [0.1, 0.15) is 16.9 Å². The van der Waals surface area contributed by atoms with Crippen LogP contribution in [0.3, 0.4) is 0 Å². The molecule has 1 aromatic carbocycles. The van der Waals surface area contributed by atoms with E-state index in [0.717, 1.165) is 11.9 Å². The fourth-order valence-corrected chi connectivity index (χ4v) is 2.44. The van der Waals surface area contributed by atoms with E-state index in [0.29, 0.717) is 23.4 Å². The van der Waals surface area contributed by atoms with E-state index in [2.05, 4.69) is 22.8 Å². The molecule has 0 aliphatic carbocycles. The fourth-order valence-electron chi connectivity index (χ4n) is 2.44. The van der Waals surface area contributed by atoms with Crippen molar-refractivity contribution in [3.63, 3.8) is 0 Å². The number of hydrogen-bond donors (Lipinski definition) is 1. The average Bonchev–Trinajstić information content (AvgIpc) is 3.03. The number of nitrogens with zero attached hydrogens (tertiary/aromatic N) is 2. The van der Waals surface area contributed by atoms with Gasteiger partial charge in [-0.2, -0.15) is 0 Å². The van der Waals surface area contributed by atoms with Crippen LogP contribution in [0, 0.1) is 12.8 Å². The number of aromatic amines is 1. The Morgan fingerprint density at radius 3 is 2.48 bits per heavy atom. The topological polar surface area (TPSA) is 84.5 Å². The number of carbonyl (C=O) groups excluding carboxylic acids is 2. The quantitative estimate of drug-likeness (QED) is 0.637. The maximum absolute atomic E-state index is 12.4. The molecule has 0 aliphatic heterocycles. The van der Waals surface area contributed by atoms with E-state index < -0.39 is 11.6 Å². The summed E-state index contributed by atoms with van der Waals surface area (Å²) in [5.41, 5.74) is 1.08. The molecular weight excluding hydrogens is 346 g/mol. The lowest BCUT2D eigenvalue weighted by atomic mass is 10.2. The van der Waals surface area contributed by atoms with Crippen LogP contribution in [0.1, 0.15) is 50.3 Å². The van der Waals surface area contributed by atoms with Gasteiger partial charge in [-0.25, -0.2) is 14.6 Å². The number of nitrogens with one attached hydrogen (secondary N) is 1. The molecular formula is C20H27N3O4. The Morgan fingerprint density at radius 1 is 1.26 bits per heavy atom. The summed E-state index contributed by atoms with van der Waals surface area (Å²) in [6.45, 7) is 8.32. The van der Waals surface area contributed by atoms with Crippen molar-refractivity contribution in [2.45, 2.75) is 46.3 Å². The Morgan fingerprint density at radius 2 is 1.93 bits per heavy atom. The third kappa shape index (κ3) is 6.03. The second-order valence-corrected chi connectivity index (χ2v) is 6.78. The van der Waals surface area contributed by atoms with E-state index in [4.69, 9.17) is 9.47 Å². The van der Waals surface area contributed by atoms with Crippen LogP contribution in [0.4, 0.5) is 4.79 Å². The number of aromatic nitrogens is 2. The molecule has 0 spiro atoms. The van der Waals surface area contributed by atoms with Gasteiger partial charge in [-0.3, -0.25) is 0 Å². The summed E-state index contributed by atoms with van der Waals surface area (Å²) in [4.78, 5) is 33.5. The molecule has 0 aliphatic rings. The van der Waals surface area contributed by atoms with Gasteiger partial charge in [0.15, 0.2) is 0 Å². The number of terminal acetylenes is 1. The SMILES string of the molecule is C#C.CCCN(Cc1nc2c(C(=O)OC)cccc2[nH]1)C(=O)OC(C)(C)C. The average molecular weight is 373 g/mol. The van der Waals surface area contributed by atoms with Crippen molar-refractivity contribution >= 4 is 23.1 Å². The maximum atomic E-state index is 12.4. The van der Waals surface area contributed by atoms with Crippen LogP contribution >= 0.6 is 0 Å². The zero-order valence-electron chi connectivity index (χ0n) is 16.5. The molecule has 2 rings (SSSR count). The third-order valence-corrected chi connectivity index (χ3v) is 3.45. The van der Waals surface area contributed by atoms with Gasteiger partial charge in [0.25, 0.3) is 0 Å². The van der Waals surface area contributed by atoms with Crippen molar-refractivity contribution < 1.29 is 19.1 Å². The first kappa shape index (κ1) is 22.0. The maximum Gasteiger partial charge on any atom is 0.410 e. The predicted octanol–water partition coefficient (Wildman–Crippen LogP) is 3.75. The van der Waals surface area contributed by atoms with Crippen molar-refractivity contribution in [1.29, 1.82) is 0 Å². The molecule has 2 aromatic rings. The Balaban J connectivity index is 0.00000176. The van der Waals surface area contributed by atoms with Crippen LogP contribution in [0.5, 0.6) is 0 Å². The lowest BCUT2D eigenvalue weighted by molar-refractivity contribution is 0.0229. The van der Waals surface area contributed by atoms with Gasteiger partial charge in [-0.1, -0.05) is 13.0 Å². The molecule has 0 bridgehead atoms. The lowest BCUT2D eigenvalue weighted by Gasteiger charge is -2.26. The molecule has 7 nitrogen and oxygen atoms in total. The lowest BCUT2D eigenvalue weighted by Crippen LogP contribution is -2.37. The van der Waals surface area contributed by atoms with Crippen LogP contribution in [0.25, 0.3) is 11.0 Å². The highest BCUT2D eigenvalue weighted by Gasteiger charge is 2.23. The first-order chi connectivity index (χ1) is 12.7. The van der Waals surface area contributed by atoms with Gasteiger partial charge >= 0.3 is 12.1 Å². The summed E-state index contributed by atoms with van der Waals surface area (Å²) in [6, 6.07) is 5.25. The number of benzene rings is 1. The minimum atomic E-state index is -0.561. The van der Waals surface area contributed by atoms with Gasteiger partial charge in [0, 0.05) is 6.54 Å². The van der Waals surface area contributed by atoms with Crippen molar-refractivity contribution in [1.82, 2.24) is 14.9 Å². The second-order valence-electron chi connectivity index (χ2n) is 6.78. The Hall–Kier alpha value is -3.01. The van der Waals surface area contributed by atoms with E-state index in [-0.39, 0.29) is 12.6 Å². The van der Waals surface area contributed by atoms with Gasteiger partial charge in [0.05, 0.1) is 24.7 Å². The zero-order valence-corrected chi connectivity index (χ0v) is 16.5. The first-order valence-electron chi connectivity index (χ1n) is 8.62. The van der Waals surface area contributed by atoms with E-state index >= 15 is 0 Å². The molecule has 7 heteroatoms. The fraction of sp³-hybridized carbons (Fsp3) is 0.450. The molecule has 27 heavy (non-hydrogen) atoms. The number of fused-ring (bicyclic) bond motifs is 1. The van der Waals surface area contributed by atoms with E-state index in [1.54, 1.807) is 17.0 Å². The van der Waals surface area contributed by atoms with E-state index in [9.17, 15) is 9.59 Å². The minimum Gasteiger partial charge on any atom is -0.465 e. The number of methoxy groups -OCH3 is 1. The number of hydrogen-bond acceptors (Lipinski definition) is 5.